The second-order valence-electron chi connectivity index (χ2n) is 4.46. The molecule has 0 aromatic heterocycles. The number of rotatable bonds is 7. The van der Waals surface area contributed by atoms with E-state index in [1.165, 1.54) is 13.2 Å². The van der Waals surface area contributed by atoms with Crippen LogP contribution in [0.15, 0.2) is 18.2 Å². The van der Waals surface area contributed by atoms with E-state index in [1.54, 1.807) is 0 Å². The largest absolute Gasteiger partial charge is 0.478 e. The third kappa shape index (κ3) is 3.34. The molecule has 0 N–H and O–H groups in total. The number of hydrogen-bond acceptors (Lipinski definition) is 6. The molecule has 114 valence electrons. The van der Waals surface area contributed by atoms with Crippen molar-refractivity contribution in [3.05, 3.63) is 34.1 Å². The van der Waals surface area contributed by atoms with Crippen LogP contribution in [0.5, 0.6) is 5.75 Å². The Bertz CT molecular complexity index is 549. The van der Waals surface area contributed by atoms with Gasteiger partial charge in [-0.05, 0) is 6.07 Å². The van der Waals surface area contributed by atoms with Crippen molar-refractivity contribution in [3.63, 3.8) is 0 Å². The van der Waals surface area contributed by atoms with Crippen molar-refractivity contribution in [1.82, 2.24) is 0 Å². The Morgan fingerprint density at radius 1 is 1.43 bits per heavy atom. The molecule has 2 rings (SSSR count). The lowest BCUT2D eigenvalue weighted by Crippen LogP contribution is -2.52. The SMILES string of the molecule is COCCOC1C(=O)CC1Oc1c(F)cccc1[N+](=O)[O-]. The minimum atomic E-state index is -0.848. The highest BCUT2D eigenvalue weighted by Crippen LogP contribution is 2.34. The summed E-state index contributed by atoms with van der Waals surface area (Å²) in [6, 6.07) is 3.42. The number of ketones is 1. The lowest BCUT2D eigenvalue weighted by atomic mass is 9.90. The first-order chi connectivity index (χ1) is 10.0. The van der Waals surface area contributed by atoms with Gasteiger partial charge in [0.1, 0.15) is 6.10 Å². The Labute approximate surface area is 119 Å². The molecule has 2 atom stereocenters. The first-order valence-electron chi connectivity index (χ1n) is 6.27. The fourth-order valence-corrected chi connectivity index (χ4v) is 1.94. The first kappa shape index (κ1) is 15.3. The third-order valence-corrected chi connectivity index (χ3v) is 3.05. The summed E-state index contributed by atoms with van der Waals surface area (Å²) in [5, 5.41) is 10.9. The van der Waals surface area contributed by atoms with Crippen molar-refractivity contribution in [1.29, 1.82) is 0 Å². The van der Waals surface area contributed by atoms with E-state index in [2.05, 4.69) is 0 Å². The molecule has 0 saturated heterocycles. The van der Waals surface area contributed by atoms with E-state index in [4.69, 9.17) is 14.2 Å². The van der Waals surface area contributed by atoms with Gasteiger partial charge in [0.25, 0.3) is 0 Å². The number of Topliss-reactive ketones (excluding diaryl/α,β-unsaturated/α-hetero) is 1. The molecule has 0 radical (unpaired) electrons. The second-order valence-corrected chi connectivity index (χ2v) is 4.46. The van der Waals surface area contributed by atoms with Gasteiger partial charge in [-0.15, -0.1) is 0 Å². The Hall–Kier alpha value is -2.06. The number of nitro benzene ring substituents is 1. The molecule has 0 heterocycles. The highest BCUT2D eigenvalue weighted by molar-refractivity contribution is 5.90. The van der Waals surface area contributed by atoms with Crippen molar-refractivity contribution >= 4 is 11.5 Å². The summed E-state index contributed by atoms with van der Waals surface area (Å²) in [7, 11) is 1.49. The van der Waals surface area contributed by atoms with Crippen LogP contribution >= 0.6 is 0 Å². The molecule has 1 aliphatic carbocycles. The summed E-state index contributed by atoms with van der Waals surface area (Å²) in [6.07, 6.45) is -1.55. The summed E-state index contributed by atoms with van der Waals surface area (Å²) in [4.78, 5) is 21.6. The number of carbonyl (C=O) groups excluding carboxylic acids is 1. The molecule has 0 spiro atoms. The smallest absolute Gasteiger partial charge is 0.314 e. The quantitative estimate of drug-likeness (QED) is 0.430. The van der Waals surface area contributed by atoms with Crippen molar-refractivity contribution < 1.29 is 28.3 Å². The molecule has 0 aliphatic heterocycles. The Morgan fingerprint density at radius 3 is 2.81 bits per heavy atom. The van der Waals surface area contributed by atoms with Crippen LogP contribution in [0.1, 0.15) is 6.42 Å². The second kappa shape index (κ2) is 6.59. The Kier molecular flexibility index (Phi) is 4.81. The first-order valence-corrected chi connectivity index (χ1v) is 6.27. The van der Waals surface area contributed by atoms with E-state index in [1.807, 2.05) is 0 Å². The molecule has 1 aliphatic rings. The predicted octanol–water partition coefficient (Wildman–Crippen LogP) is 1.49. The fraction of sp³-hybridized carbons (Fsp3) is 0.462. The summed E-state index contributed by atoms with van der Waals surface area (Å²) >= 11 is 0. The fourth-order valence-electron chi connectivity index (χ4n) is 1.94. The molecule has 21 heavy (non-hydrogen) atoms. The zero-order chi connectivity index (χ0) is 15.4. The molecular formula is C13H14FNO6. The molecule has 0 amide bonds. The van der Waals surface area contributed by atoms with Crippen LogP contribution in [0, 0.1) is 15.9 Å². The number of nitrogens with zero attached hydrogens (tertiary/aromatic N) is 1. The van der Waals surface area contributed by atoms with Crippen LogP contribution < -0.4 is 4.74 Å². The number of halogens is 1. The topological polar surface area (TPSA) is 87.9 Å². The van der Waals surface area contributed by atoms with Gasteiger partial charge in [0.15, 0.2) is 17.7 Å². The van der Waals surface area contributed by atoms with E-state index in [0.29, 0.717) is 6.61 Å². The van der Waals surface area contributed by atoms with Crippen LogP contribution in [0.3, 0.4) is 0 Å². The Balaban J connectivity index is 2.08. The maximum atomic E-state index is 13.7. The van der Waals surface area contributed by atoms with E-state index in [9.17, 15) is 19.3 Å². The van der Waals surface area contributed by atoms with E-state index in [0.717, 1.165) is 12.1 Å². The maximum Gasteiger partial charge on any atom is 0.314 e. The number of para-hydroxylation sites is 1. The number of nitro groups is 1. The van der Waals surface area contributed by atoms with Gasteiger partial charge < -0.3 is 14.2 Å². The average molecular weight is 299 g/mol. The van der Waals surface area contributed by atoms with Crippen LogP contribution in [-0.4, -0.2) is 43.2 Å². The lowest BCUT2D eigenvalue weighted by molar-refractivity contribution is -0.386. The van der Waals surface area contributed by atoms with Crippen LogP contribution in [0.25, 0.3) is 0 Å². The molecule has 7 nitrogen and oxygen atoms in total. The van der Waals surface area contributed by atoms with E-state index < -0.39 is 34.4 Å². The molecule has 0 bridgehead atoms. The molecule has 2 unspecified atom stereocenters. The Morgan fingerprint density at radius 2 is 2.19 bits per heavy atom. The number of carbonyl (C=O) groups is 1. The average Bonchev–Trinajstić information content (AvgIpc) is 2.44. The molecule has 8 heteroatoms. The number of methoxy groups -OCH3 is 1. The molecule has 1 saturated carbocycles. The minimum absolute atomic E-state index is 0.0309. The minimum Gasteiger partial charge on any atom is -0.478 e. The van der Waals surface area contributed by atoms with Crippen molar-refractivity contribution in [3.8, 4) is 5.75 Å². The zero-order valence-corrected chi connectivity index (χ0v) is 11.3. The molecule has 1 aromatic carbocycles. The highest BCUT2D eigenvalue weighted by atomic mass is 19.1. The normalized spacial score (nSPS) is 21.0. The molecular weight excluding hydrogens is 285 g/mol. The predicted molar refractivity (Wildman–Crippen MR) is 68.7 cm³/mol. The van der Waals surface area contributed by atoms with Gasteiger partial charge in [0.05, 0.1) is 18.1 Å². The number of hydrogen-bond donors (Lipinski definition) is 0. The van der Waals surface area contributed by atoms with Crippen LogP contribution in [0.2, 0.25) is 0 Å². The highest BCUT2D eigenvalue weighted by Gasteiger charge is 2.44. The van der Waals surface area contributed by atoms with Gasteiger partial charge in [-0.3, -0.25) is 14.9 Å². The van der Waals surface area contributed by atoms with Gasteiger partial charge in [-0.1, -0.05) is 6.07 Å². The van der Waals surface area contributed by atoms with Crippen molar-refractivity contribution in [2.75, 3.05) is 20.3 Å². The van der Waals surface area contributed by atoms with Crippen molar-refractivity contribution in [2.24, 2.45) is 0 Å². The molecule has 1 aromatic rings. The summed E-state index contributed by atoms with van der Waals surface area (Å²) < 4.78 is 29.0. The van der Waals surface area contributed by atoms with Crippen LogP contribution in [0.4, 0.5) is 10.1 Å². The lowest BCUT2D eigenvalue weighted by Gasteiger charge is -2.34. The van der Waals surface area contributed by atoms with Gasteiger partial charge in [-0.2, -0.15) is 0 Å². The van der Waals surface area contributed by atoms with Gasteiger partial charge in [0, 0.05) is 19.6 Å². The summed E-state index contributed by atoms with van der Waals surface area (Å²) in [5.74, 6) is -1.50. The van der Waals surface area contributed by atoms with Crippen molar-refractivity contribution in [2.45, 2.75) is 18.6 Å². The monoisotopic (exact) mass is 299 g/mol. The van der Waals surface area contributed by atoms with Gasteiger partial charge in [-0.25, -0.2) is 4.39 Å². The molecule has 1 fully saturated rings. The van der Waals surface area contributed by atoms with Gasteiger partial charge in [0.2, 0.25) is 5.75 Å². The third-order valence-electron chi connectivity index (χ3n) is 3.05. The summed E-state index contributed by atoms with van der Waals surface area (Å²) in [5.41, 5.74) is -0.481. The zero-order valence-electron chi connectivity index (χ0n) is 11.3. The van der Waals surface area contributed by atoms with E-state index >= 15 is 0 Å². The summed E-state index contributed by atoms with van der Waals surface area (Å²) in [6.45, 7) is 0.489. The van der Waals surface area contributed by atoms with E-state index in [-0.39, 0.29) is 18.8 Å². The standard InChI is InChI=1S/C13H14FNO6/c1-19-5-6-20-13-10(16)7-11(13)21-12-8(14)3-2-4-9(12)15(17)18/h2-4,11,13H,5-7H2,1H3. The van der Waals surface area contributed by atoms with Gasteiger partial charge >= 0.3 is 5.69 Å². The number of benzene rings is 1. The van der Waals surface area contributed by atoms with Crippen LogP contribution in [-0.2, 0) is 14.3 Å². The number of ether oxygens (including phenoxy) is 3. The maximum absolute atomic E-state index is 13.7.